The number of nitrogens with one attached hydrogen (secondary N) is 1. The summed E-state index contributed by atoms with van der Waals surface area (Å²) < 4.78 is 27.1. The molecule has 28 heavy (non-hydrogen) atoms. The third-order valence-electron chi connectivity index (χ3n) is 5.82. The van der Waals surface area contributed by atoms with E-state index < -0.39 is 10.0 Å². The van der Waals surface area contributed by atoms with Gasteiger partial charge in [0.1, 0.15) is 4.90 Å². The van der Waals surface area contributed by atoms with E-state index in [0.29, 0.717) is 31.2 Å². The second-order valence-electron chi connectivity index (χ2n) is 7.78. The van der Waals surface area contributed by atoms with Crippen molar-refractivity contribution in [3.8, 4) is 0 Å². The molecule has 1 aromatic rings. The Hall–Kier alpha value is -1.15. The van der Waals surface area contributed by atoms with Gasteiger partial charge in [0.25, 0.3) is 5.91 Å². The van der Waals surface area contributed by atoms with Crippen molar-refractivity contribution < 1.29 is 13.2 Å². The van der Waals surface area contributed by atoms with Crippen LogP contribution in [0, 0.1) is 0 Å². The Labute approximate surface area is 173 Å². The molecule has 0 atom stereocenters. The molecule has 1 saturated heterocycles. The van der Waals surface area contributed by atoms with Gasteiger partial charge in [0.05, 0.1) is 5.02 Å². The SMILES string of the molecule is CN(CCNC(=O)c1ccc(Cl)c(S(=O)(=O)N2CCCC2)c1)C1CCCCC1. The van der Waals surface area contributed by atoms with Gasteiger partial charge in [-0.2, -0.15) is 4.31 Å². The second kappa shape index (κ2) is 9.57. The van der Waals surface area contributed by atoms with Crippen LogP contribution in [0.25, 0.3) is 0 Å². The summed E-state index contributed by atoms with van der Waals surface area (Å²) in [5, 5.41) is 3.06. The fourth-order valence-electron chi connectivity index (χ4n) is 4.06. The molecule has 1 amide bonds. The maximum absolute atomic E-state index is 12.8. The van der Waals surface area contributed by atoms with Crippen LogP contribution in [0.1, 0.15) is 55.3 Å². The van der Waals surface area contributed by atoms with Gasteiger partial charge in [-0.05, 0) is 50.9 Å². The van der Waals surface area contributed by atoms with Crippen LogP contribution in [0.5, 0.6) is 0 Å². The molecule has 6 nitrogen and oxygen atoms in total. The summed E-state index contributed by atoms with van der Waals surface area (Å²) in [4.78, 5) is 14.9. The number of hydrogen-bond donors (Lipinski definition) is 1. The monoisotopic (exact) mass is 427 g/mol. The maximum atomic E-state index is 12.8. The summed E-state index contributed by atoms with van der Waals surface area (Å²) >= 11 is 6.15. The van der Waals surface area contributed by atoms with Crippen LogP contribution in [0.3, 0.4) is 0 Å². The van der Waals surface area contributed by atoms with E-state index in [1.807, 2.05) is 0 Å². The molecular weight excluding hydrogens is 398 g/mol. The highest BCUT2D eigenvalue weighted by Gasteiger charge is 2.29. The van der Waals surface area contributed by atoms with Crippen LogP contribution in [0.2, 0.25) is 5.02 Å². The van der Waals surface area contributed by atoms with E-state index in [-0.39, 0.29) is 15.8 Å². The third kappa shape index (κ3) is 5.06. The predicted molar refractivity (Wildman–Crippen MR) is 111 cm³/mol. The summed E-state index contributed by atoms with van der Waals surface area (Å²) in [5.74, 6) is -0.272. The highest BCUT2D eigenvalue weighted by molar-refractivity contribution is 7.89. The van der Waals surface area contributed by atoms with Gasteiger partial charge in [-0.25, -0.2) is 8.42 Å². The quantitative estimate of drug-likeness (QED) is 0.725. The first-order chi connectivity index (χ1) is 13.4. The minimum Gasteiger partial charge on any atom is -0.351 e. The first kappa shape index (κ1) is 21.6. The van der Waals surface area contributed by atoms with Crippen molar-refractivity contribution in [1.29, 1.82) is 0 Å². The zero-order valence-corrected chi connectivity index (χ0v) is 18.1. The lowest BCUT2D eigenvalue weighted by atomic mass is 9.94. The molecule has 1 aliphatic heterocycles. The average Bonchev–Trinajstić information content (AvgIpc) is 3.24. The van der Waals surface area contributed by atoms with E-state index in [1.54, 1.807) is 6.07 Å². The molecule has 1 heterocycles. The lowest BCUT2D eigenvalue weighted by Gasteiger charge is -2.31. The highest BCUT2D eigenvalue weighted by atomic mass is 35.5. The predicted octanol–water partition coefficient (Wildman–Crippen LogP) is 3.12. The molecule has 2 aliphatic rings. The van der Waals surface area contributed by atoms with Crippen LogP contribution in [0.15, 0.2) is 23.1 Å². The van der Waals surface area contributed by atoms with Crippen LogP contribution >= 0.6 is 11.6 Å². The number of carbonyl (C=O) groups is 1. The normalized spacial score (nSPS) is 19.2. The van der Waals surface area contributed by atoms with E-state index in [1.165, 1.54) is 48.5 Å². The Balaban J connectivity index is 1.61. The number of carbonyl (C=O) groups excluding carboxylic acids is 1. The lowest BCUT2D eigenvalue weighted by Crippen LogP contribution is -2.39. The van der Waals surface area contributed by atoms with Crippen LogP contribution in [-0.4, -0.2) is 62.8 Å². The fraction of sp³-hybridized carbons (Fsp3) is 0.650. The minimum atomic E-state index is -3.66. The summed E-state index contributed by atoms with van der Waals surface area (Å²) in [6, 6.07) is 5.06. The Bertz CT molecular complexity index is 788. The van der Waals surface area contributed by atoms with E-state index in [0.717, 1.165) is 19.4 Å². The van der Waals surface area contributed by atoms with Crippen LogP contribution in [0.4, 0.5) is 0 Å². The summed E-state index contributed by atoms with van der Waals surface area (Å²) in [6.07, 6.45) is 8.02. The van der Waals surface area contributed by atoms with Crippen molar-refractivity contribution >= 4 is 27.5 Å². The van der Waals surface area contributed by atoms with Crippen molar-refractivity contribution in [2.45, 2.75) is 55.9 Å². The molecule has 1 aromatic carbocycles. The van der Waals surface area contributed by atoms with E-state index in [9.17, 15) is 13.2 Å². The van der Waals surface area contributed by atoms with Gasteiger partial charge in [-0.1, -0.05) is 30.9 Å². The molecule has 0 radical (unpaired) electrons. The zero-order valence-electron chi connectivity index (χ0n) is 16.5. The summed E-state index contributed by atoms with van der Waals surface area (Å²) in [7, 11) is -1.56. The first-order valence-electron chi connectivity index (χ1n) is 10.2. The Kier molecular flexibility index (Phi) is 7.36. The topological polar surface area (TPSA) is 69.7 Å². The zero-order chi connectivity index (χ0) is 20.1. The molecule has 1 N–H and O–H groups in total. The Morgan fingerprint density at radius 3 is 2.54 bits per heavy atom. The molecular formula is C20H30ClN3O3S. The van der Waals surface area contributed by atoms with Gasteiger partial charge >= 0.3 is 0 Å². The second-order valence-corrected chi connectivity index (χ2v) is 10.1. The number of halogens is 1. The van der Waals surface area contributed by atoms with Gasteiger partial charge in [0.15, 0.2) is 0 Å². The smallest absolute Gasteiger partial charge is 0.251 e. The van der Waals surface area contributed by atoms with Gasteiger partial charge in [0.2, 0.25) is 10.0 Å². The molecule has 0 unspecified atom stereocenters. The number of hydrogen-bond acceptors (Lipinski definition) is 4. The molecule has 0 aromatic heterocycles. The highest BCUT2D eigenvalue weighted by Crippen LogP contribution is 2.28. The van der Waals surface area contributed by atoms with Gasteiger partial charge in [-0.15, -0.1) is 0 Å². The number of rotatable bonds is 7. The molecule has 156 valence electrons. The van der Waals surface area contributed by atoms with Gasteiger partial charge in [0, 0.05) is 37.8 Å². The molecule has 1 aliphatic carbocycles. The third-order valence-corrected chi connectivity index (χ3v) is 8.20. The Morgan fingerprint density at radius 2 is 1.86 bits per heavy atom. The van der Waals surface area contributed by atoms with Crippen molar-refractivity contribution in [1.82, 2.24) is 14.5 Å². The number of nitrogens with zero attached hydrogens (tertiary/aromatic N) is 2. The van der Waals surface area contributed by atoms with Gasteiger partial charge in [-0.3, -0.25) is 4.79 Å². The molecule has 2 fully saturated rings. The maximum Gasteiger partial charge on any atom is 0.251 e. The number of benzene rings is 1. The number of likely N-dealkylation sites (N-methyl/N-ethyl adjacent to an activating group) is 1. The molecule has 1 saturated carbocycles. The van der Waals surface area contributed by atoms with Crippen molar-refractivity contribution in [2.24, 2.45) is 0 Å². The van der Waals surface area contributed by atoms with E-state index >= 15 is 0 Å². The van der Waals surface area contributed by atoms with Crippen LogP contribution < -0.4 is 5.32 Å². The fourth-order valence-corrected chi connectivity index (χ4v) is 6.08. The van der Waals surface area contributed by atoms with Crippen LogP contribution in [-0.2, 0) is 10.0 Å². The Morgan fingerprint density at radius 1 is 1.18 bits per heavy atom. The number of amides is 1. The largest absolute Gasteiger partial charge is 0.351 e. The molecule has 8 heteroatoms. The van der Waals surface area contributed by atoms with E-state index in [4.69, 9.17) is 11.6 Å². The average molecular weight is 428 g/mol. The molecule has 0 bridgehead atoms. The summed E-state index contributed by atoms with van der Waals surface area (Å²) in [6.45, 7) is 2.32. The van der Waals surface area contributed by atoms with Crippen molar-refractivity contribution in [3.05, 3.63) is 28.8 Å². The standard InChI is InChI=1S/C20H30ClN3O3S/c1-23(17-7-3-2-4-8-17)14-11-22-20(25)16-9-10-18(21)19(15-16)28(26,27)24-12-5-6-13-24/h9-10,15,17H,2-8,11-14H2,1H3,(H,22,25). The molecule has 3 rings (SSSR count). The van der Waals surface area contributed by atoms with Crippen molar-refractivity contribution in [2.75, 3.05) is 33.2 Å². The lowest BCUT2D eigenvalue weighted by molar-refractivity contribution is 0.0944. The number of sulfonamides is 1. The minimum absolute atomic E-state index is 0.0167. The van der Waals surface area contributed by atoms with Crippen molar-refractivity contribution in [3.63, 3.8) is 0 Å². The molecule has 0 spiro atoms. The summed E-state index contributed by atoms with van der Waals surface area (Å²) in [5.41, 5.74) is 0.322. The van der Waals surface area contributed by atoms with E-state index in [2.05, 4.69) is 17.3 Å². The van der Waals surface area contributed by atoms with Gasteiger partial charge < -0.3 is 10.2 Å². The first-order valence-corrected chi connectivity index (χ1v) is 12.0.